The number of hydrogen-bond acceptors (Lipinski definition) is 5. The summed E-state index contributed by atoms with van der Waals surface area (Å²) < 4.78 is 23.7. The molecule has 0 N–H and O–H groups in total. The number of rotatable bonds is 4. The standard InChI is InChI=1S/C23H13ClFNO4/c24-17-9-5-15(6-10-17)22(27)29-20-4-2-1-3-16(20)13-19-23(28)30-21(26-19)14-7-11-18(25)12-8-14/h1-13H/b19-13-. The van der Waals surface area contributed by atoms with Gasteiger partial charge in [0.05, 0.1) is 5.56 Å². The van der Waals surface area contributed by atoms with Crippen LogP contribution < -0.4 is 4.74 Å². The maximum atomic E-state index is 13.1. The number of nitrogens with zero attached hydrogens (tertiary/aromatic N) is 1. The average Bonchev–Trinajstić information content (AvgIpc) is 3.10. The zero-order valence-corrected chi connectivity index (χ0v) is 16.1. The summed E-state index contributed by atoms with van der Waals surface area (Å²) in [7, 11) is 0. The van der Waals surface area contributed by atoms with Gasteiger partial charge in [0.25, 0.3) is 0 Å². The van der Waals surface area contributed by atoms with Gasteiger partial charge in [-0.05, 0) is 60.7 Å². The van der Waals surface area contributed by atoms with Crippen LogP contribution >= 0.6 is 11.6 Å². The van der Waals surface area contributed by atoms with Crippen LogP contribution in [0.2, 0.25) is 5.02 Å². The van der Waals surface area contributed by atoms with E-state index in [1.165, 1.54) is 30.3 Å². The van der Waals surface area contributed by atoms with Gasteiger partial charge >= 0.3 is 11.9 Å². The van der Waals surface area contributed by atoms with E-state index in [0.29, 0.717) is 21.7 Å². The summed E-state index contributed by atoms with van der Waals surface area (Å²) in [6.07, 6.45) is 1.46. The van der Waals surface area contributed by atoms with Gasteiger partial charge in [-0.3, -0.25) is 0 Å². The van der Waals surface area contributed by atoms with Gasteiger partial charge in [-0.25, -0.2) is 19.0 Å². The molecule has 30 heavy (non-hydrogen) atoms. The second-order valence-electron chi connectivity index (χ2n) is 6.28. The Labute approximate surface area is 176 Å². The monoisotopic (exact) mass is 421 g/mol. The molecule has 0 aliphatic carbocycles. The number of carbonyl (C=O) groups excluding carboxylic acids is 2. The fourth-order valence-electron chi connectivity index (χ4n) is 2.71. The maximum Gasteiger partial charge on any atom is 0.363 e. The molecule has 0 atom stereocenters. The van der Waals surface area contributed by atoms with E-state index in [-0.39, 0.29) is 17.3 Å². The molecule has 0 saturated heterocycles. The van der Waals surface area contributed by atoms with Crippen molar-refractivity contribution < 1.29 is 23.5 Å². The number of cyclic esters (lactones) is 1. The Morgan fingerprint density at radius 1 is 1.00 bits per heavy atom. The lowest BCUT2D eigenvalue weighted by molar-refractivity contribution is -0.129. The fraction of sp³-hybridized carbons (Fsp3) is 0. The molecule has 0 unspecified atom stereocenters. The Kier molecular flexibility index (Phi) is 5.41. The summed E-state index contributed by atoms with van der Waals surface area (Å²) in [5.74, 6) is -1.31. The highest BCUT2D eigenvalue weighted by Crippen LogP contribution is 2.25. The highest BCUT2D eigenvalue weighted by molar-refractivity contribution is 6.30. The first kappa shape index (κ1) is 19.5. The molecule has 1 aliphatic heterocycles. The summed E-state index contributed by atoms with van der Waals surface area (Å²) >= 11 is 5.84. The number of aliphatic imine (C=N–C) groups is 1. The predicted octanol–water partition coefficient (Wildman–Crippen LogP) is 5.04. The Morgan fingerprint density at radius 2 is 1.70 bits per heavy atom. The topological polar surface area (TPSA) is 65.0 Å². The summed E-state index contributed by atoms with van der Waals surface area (Å²) in [4.78, 5) is 28.8. The minimum absolute atomic E-state index is 0.0318. The second kappa shape index (κ2) is 8.31. The van der Waals surface area contributed by atoms with Crippen molar-refractivity contribution in [3.63, 3.8) is 0 Å². The molecular weight excluding hydrogens is 409 g/mol. The van der Waals surface area contributed by atoms with Gasteiger partial charge in [-0.15, -0.1) is 0 Å². The number of esters is 2. The fourth-order valence-corrected chi connectivity index (χ4v) is 2.84. The molecule has 0 spiro atoms. The van der Waals surface area contributed by atoms with Crippen molar-refractivity contribution >= 4 is 35.5 Å². The zero-order chi connectivity index (χ0) is 21.1. The van der Waals surface area contributed by atoms with E-state index in [4.69, 9.17) is 21.1 Å². The molecule has 1 heterocycles. The van der Waals surface area contributed by atoms with Crippen LogP contribution in [0.5, 0.6) is 5.75 Å². The predicted molar refractivity (Wildman–Crippen MR) is 110 cm³/mol. The first-order chi connectivity index (χ1) is 14.5. The van der Waals surface area contributed by atoms with E-state index in [1.54, 1.807) is 48.5 Å². The smallest absolute Gasteiger partial charge is 0.363 e. The van der Waals surface area contributed by atoms with Crippen molar-refractivity contribution in [2.24, 2.45) is 4.99 Å². The molecule has 1 aliphatic rings. The molecule has 0 radical (unpaired) electrons. The van der Waals surface area contributed by atoms with Crippen LogP contribution in [0.1, 0.15) is 21.5 Å². The molecule has 0 bridgehead atoms. The van der Waals surface area contributed by atoms with Crippen LogP contribution in [0.15, 0.2) is 83.5 Å². The molecule has 3 aromatic carbocycles. The summed E-state index contributed by atoms with van der Waals surface area (Å²) in [5, 5.41) is 0.506. The molecule has 7 heteroatoms. The lowest BCUT2D eigenvalue weighted by atomic mass is 10.1. The van der Waals surface area contributed by atoms with Gasteiger partial charge in [-0.2, -0.15) is 0 Å². The van der Waals surface area contributed by atoms with Crippen LogP contribution in [-0.4, -0.2) is 17.8 Å². The molecule has 4 rings (SSSR count). The summed E-state index contributed by atoms with van der Waals surface area (Å²) in [6.45, 7) is 0. The zero-order valence-electron chi connectivity index (χ0n) is 15.3. The molecule has 0 fully saturated rings. The van der Waals surface area contributed by atoms with E-state index in [2.05, 4.69) is 4.99 Å². The Balaban J connectivity index is 1.61. The number of carbonyl (C=O) groups is 2. The van der Waals surface area contributed by atoms with Gasteiger partial charge in [-0.1, -0.05) is 29.8 Å². The quantitative estimate of drug-likeness (QED) is 0.336. The first-order valence-electron chi connectivity index (χ1n) is 8.85. The largest absolute Gasteiger partial charge is 0.422 e. The molecular formula is C23H13ClFNO4. The van der Waals surface area contributed by atoms with Gasteiger partial charge in [0.1, 0.15) is 11.6 Å². The van der Waals surface area contributed by atoms with E-state index < -0.39 is 17.8 Å². The highest BCUT2D eigenvalue weighted by atomic mass is 35.5. The third kappa shape index (κ3) is 4.29. The Bertz CT molecular complexity index is 1180. The van der Waals surface area contributed by atoms with Gasteiger partial charge in [0.15, 0.2) is 5.70 Å². The average molecular weight is 422 g/mol. The highest BCUT2D eigenvalue weighted by Gasteiger charge is 2.24. The van der Waals surface area contributed by atoms with E-state index in [9.17, 15) is 14.0 Å². The van der Waals surface area contributed by atoms with Crippen LogP contribution in [0.25, 0.3) is 6.08 Å². The molecule has 0 aromatic heterocycles. The van der Waals surface area contributed by atoms with Crippen LogP contribution in [0.3, 0.4) is 0 Å². The Hall–Kier alpha value is -3.77. The first-order valence-corrected chi connectivity index (χ1v) is 9.23. The van der Waals surface area contributed by atoms with Crippen molar-refractivity contribution in [2.45, 2.75) is 0 Å². The van der Waals surface area contributed by atoms with Crippen LogP contribution in [-0.2, 0) is 9.53 Å². The van der Waals surface area contributed by atoms with Crippen molar-refractivity contribution in [2.75, 3.05) is 0 Å². The summed E-state index contributed by atoms with van der Waals surface area (Å²) in [6, 6.07) is 18.4. The maximum absolute atomic E-state index is 13.1. The van der Waals surface area contributed by atoms with Crippen LogP contribution in [0, 0.1) is 5.82 Å². The number of halogens is 2. The third-order valence-electron chi connectivity index (χ3n) is 4.21. The molecule has 148 valence electrons. The number of hydrogen-bond donors (Lipinski definition) is 0. The van der Waals surface area contributed by atoms with E-state index in [0.717, 1.165) is 0 Å². The Morgan fingerprint density at radius 3 is 2.43 bits per heavy atom. The van der Waals surface area contributed by atoms with E-state index in [1.807, 2.05) is 0 Å². The molecule has 3 aromatic rings. The molecule has 5 nitrogen and oxygen atoms in total. The number of ether oxygens (including phenoxy) is 2. The number of para-hydroxylation sites is 1. The van der Waals surface area contributed by atoms with Crippen molar-refractivity contribution in [3.05, 3.63) is 106 Å². The van der Waals surface area contributed by atoms with Crippen LogP contribution in [0.4, 0.5) is 4.39 Å². The third-order valence-corrected chi connectivity index (χ3v) is 4.46. The SMILES string of the molecule is O=C1OC(c2ccc(F)cc2)=N/C1=C\c1ccccc1OC(=O)c1ccc(Cl)cc1. The molecule has 0 saturated carbocycles. The number of benzene rings is 3. The van der Waals surface area contributed by atoms with Gasteiger partial charge in [0, 0.05) is 16.1 Å². The van der Waals surface area contributed by atoms with E-state index >= 15 is 0 Å². The van der Waals surface area contributed by atoms with Crippen molar-refractivity contribution in [1.29, 1.82) is 0 Å². The minimum Gasteiger partial charge on any atom is -0.422 e. The van der Waals surface area contributed by atoms with Crippen molar-refractivity contribution in [3.8, 4) is 5.75 Å². The molecule has 0 amide bonds. The van der Waals surface area contributed by atoms with Crippen molar-refractivity contribution in [1.82, 2.24) is 0 Å². The minimum atomic E-state index is -0.659. The van der Waals surface area contributed by atoms with Gasteiger partial charge < -0.3 is 9.47 Å². The normalized spacial score (nSPS) is 14.4. The lowest BCUT2D eigenvalue weighted by Crippen LogP contribution is -2.09. The van der Waals surface area contributed by atoms with Gasteiger partial charge in [0.2, 0.25) is 5.90 Å². The summed E-state index contributed by atoms with van der Waals surface area (Å²) in [5.41, 5.74) is 1.30. The second-order valence-corrected chi connectivity index (χ2v) is 6.71. The lowest BCUT2D eigenvalue weighted by Gasteiger charge is -2.07.